The average molecular weight is 573 g/mol. The van der Waals surface area contributed by atoms with Crippen molar-refractivity contribution in [2.24, 2.45) is 0 Å². The minimum absolute atomic E-state index is 0.795. The Hall–Kier alpha value is -3.82. The van der Waals surface area contributed by atoms with Crippen molar-refractivity contribution >= 4 is 55.3 Å². The summed E-state index contributed by atoms with van der Waals surface area (Å²) in [5.41, 5.74) is 4.90. The van der Waals surface area contributed by atoms with E-state index in [2.05, 4.69) is 111 Å². The van der Waals surface area contributed by atoms with Crippen molar-refractivity contribution in [3.05, 3.63) is 102 Å². The molecule has 0 atom stereocenters. The third kappa shape index (κ3) is 6.47. The van der Waals surface area contributed by atoms with Crippen molar-refractivity contribution in [3.8, 4) is 16.2 Å². The molecule has 0 saturated heterocycles. The van der Waals surface area contributed by atoms with Gasteiger partial charge in [0, 0.05) is 15.0 Å². The molecule has 0 radical (unpaired) electrons. The fourth-order valence-corrected chi connectivity index (χ4v) is 6.87. The largest absolute Gasteiger partial charge is 0.494 e. The van der Waals surface area contributed by atoms with Crippen LogP contribution in [0, 0.1) is 0 Å². The number of benzene rings is 4. The molecule has 0 amide bonds. The zero-order valence-electron chi connectivity index (χ0n) is 24.8. The zero-order chi connectivity index (χ0) is 28.7. The van der Waals surface area contributed by atoms with E-state index in [4.69, 9.17) is 9.15 Å². The summed E-state index contributed by atoms with van der Waals surface area (Å²) in [6.45, 7) is 5.31. The quantitative estimate of drug-likeness (QED) is 0.128. The van der Waals surface area contributed by atoms with Gasteiger partial charge in [0.15, 0.2) is 0 Å². The van der Waals surface area contributed by atoms with Crippen molar-refractivity contribution in [1.82, 2.24) is 0 Å². The molecule has 0 aliphatic carbocycles. The first-order valence-electron chi connectivity index (χ1n) is 15.6. The topological polar surface area (TPSA) is 22.4 Å². The summed E-state index contributed by atoms with van der Waals surface area (Å²) >= 11 is 1.88. The van der Waals surface area contributed by atoms with Crippen LogP contribution in [0.15, 0.2) is 89.3 Å². The summed E-state index contributed by atoms with van der Waals surface area (Å²) in [4.78, 5) is 1.33. The first-order chi connectivity index (χ1) is 20.7. The molecule has 2 heterocycles. The van der Waals surface area contributed by atoms with Gasteiger partial charge in [-0.25, -0.2) is 0 Å². The zero-order valence-corrected chi connectivity index (χ0v) is 25.6. The Bertz CT molecular complexity index is 1820. The van der Waals surface area contributed by atoms with E-state index in [9.17, 15) is 0 Å². The van der Waals surface area contributed by atoms with Gasteiger partial charge in [0.25, 0.3) is 0 Å². The molecule has 6 rings (SSSR count). The van der Waals surface area contributed by atoms with E-state index in [1.54, 1.807) is 0 Å². The van der Waals surface area contributed by atoms with Gasteiger partial charge >= 0.3 is 0 Å². The molecule has 3 heteroatoms. The lowest BCUT2D eigenvalue weighted by Gasteiger charge is -2.09. The highest BCUT2D eigenvalue weighted by atomic mass is 32.1. The van der Waals surface area contributed by atoms with Gasteiger partial charge in [0.05, 0.1) is 6.61 Å². The second-order valence-corrected chi connectivity index (χ2v) is 12.4. The summed E-state index contributed by atoms with van der Waals surface area (Å²) in [5.74, 6) is 1.86. The molecular weight excluding hydrogens is 532 g/mol. The first-order valence-corrected chi connectivity index (χ1v) is 16.4. The average Bonchev–Trinajstić information content (AvgIpc) is 3.64. The van der Waals surface area contributed by atoms with Crippen LogP contribution in [0.25, 0.3) is 54.4 Å². The molecule has 42 heavy (non-hydrogen) atoms. The normalized spacial score (nSPS) is 11.9. The van der Waals surface area contributed by atoms with Crippen LogP contribution in [0.3, 0.4) is 0 Å². The fourth-order valence-electron chi connectivity index (χ4n) is 5.77. The number of rotatable bonds is 13. The molecule has 0 aliphatic rings. The van der Waals surface area contributed by atoms with Gasteiger partial charge in [-0.05, 0) is 94.6 Å². The number of ether oxygens (including phenoxy) is 1. The first kappa shape index (κ1) is 28.3. The molecule has 0 N–H and O–H groups in total. The number of fused-ring (bicyclic) bond motifs is 4. The standard InChI is InChI=1S/C39H40O2S/c1-3-5-7-11-23-40-32-19-22-38-31(25-32)26-39(42-38)35-20-16-28(24-30(35)13-8-6-4-2)15-18-33-27-36-34-14-10-9-12-29(34)17-21-37(36)41-33/h9-10,12,14-22,24-27H,3-8,11,13,23H2,1-2H3. The van der Waals surface area contributed by atoms with Crippen LogP contribution < -0.4 is 4.74 Å². The van der Waals surface area contributed by atoms with Crippen molar-refractivity contribution in [2.75, 3.05) is 6.61 Å². The Balaban J connectivity index is 1.25. The number of hydrogen-bond donors (Lipinski definition) is 0. The molecule has 0 saturated carbocycles. The molecule has 2 aromatic heterocycles. The number of unbranched alkanes of at least 4 members (excludes halogenated alkanes) is 5. The number of thiophene rings is 1. The minimum Gasteiger partial charge on any atom is -0.494 e. The van der Waals surface area contributed by atoms with Crippen LogP contribution in [0.4, 0.5) is 0 Å². The summed E-state index contributed by atoms with van der Waals surface area (Å²) < 4.78 is 13.6. The Morgan fingerprint density at radius 2 is 1.60 bits per heavy atom. The highest BCUT2D eigenvalue weighted by molar-refractivity contribution is 7.22. The van der Waals surface area contributed by atoms with Crippen LogP contribution in [0.5, 0.6) is 5.75 Å². The number of furan rings is 1. The predicted molar refractivity (Wildman–Crippen MR) is 183 cm³/mol. The molecule has 6 aromatic rings. The Labute approximate surface area is 253 Å². The van der Waals surface area contributed by atoms with Gasteiger partial charge in [-0.2, -0.15) is 0 Å². The maximum Gasteiger partial charge on any atom is 0.135 e. The molecule has 0 spiro atoms. The monoisotopic (exact) mass is 572 g/mol. The van der Waals surface area contributed by atoms with Crippen LogP contribution >= 0.6 is 11.3 Å². The summed E-state index contributed by atoms with van der Waals surface area (Å²) in [5, 5.41) is 4.90. The van der Waals surface area contributed by atoms with Gasteiger partial charge in [0.2, 0.25) is 0 Å². The lowest BCUT2D eigenvalue weighted by molar-refractivity contribution is 0.305. The van der Waals surface area contributed by atoms with Crippen LogP contribution in [0.2, 0.25) is 0 Å². The van der Waals surface area contributed by atoms with Gasteiger partial charge < -0.3 is 9.15 Å². The fraction of sp³-hybridized carbons (Fsp3) is 0.282. The second kappa shape index (κ2) is 13.4. The Morgan fingerprint density at radius 1 is 0.714 bits per heavy atom. The van der Waals surface area contributed by atoms with Gasteiger partial charge in [-0.3, -0.25) is 0 Å². The minimum atomic E-state index is 0.795. The molecule has 0 unspecified atom stereocenters. The molecule has 0 bridgehead atoms. The van der Waals surface area contributed by atoms with E-state index in [-0.39, 0.29) is 0 Å². The SMILES string of the molecule is CCCCCCOc1ccc2sc(-c3ccc(C=Cc4cc5c(ccc6ccccc65)o4)cc3CCCCC)cc2c1. The molecule has 214 valence electrons. The van der Waals surface area contributed by atoms with Gasteiger partial charge in [-0.1, -0.05) is 101 Å². The van der Waals surface area contributed by atoms with E-state index in [1.165, 1.54) is 81.0 Å². The van der Waals surface area contributed by atoms with Crippen LogP contribution in [0.1, 0.15) is 75.7 Å². The summed E-state index contributed by atoms with van der Waals surface area (Å²) in [6, 6.07) is 30.7. The van der Waals surface area contributed by atoms with E-state index in [0.29, 0.717) is 0 Å². The number of aryl methyl sites for hydroxylation is 1. The highest BCUT2D eigenvalue weighted by Crippen LogP contribution is 2.38. The van der Waals surface area contributed by atoms with E-state index in [1.807, 2.05) is 11.3 Å². The van der Waals surface area contributed by atoms with Crippen molar-refractivity contribution < 1.29 is 9.15 Å². The number of hydrogen-bond acceptors (Lipinski definition) is 3. The Morgan fingerprint density at radius 3 is 2.50 bits per heavy atom. The molecular formula is C39H40O2S. The van der Waals surface area contributed by atoms with Gasteiger partial charge in [-0.15, -0.1) is 11.3 Å². The third-order valence-electron chi connectivity index (χ3n) is 8.08. The predicted octanol–water partition coefficient (Wildman–Crippen LogP) is 12.3. The van der Waals surface area contributed by atoms with E-state index >= 15 is 0 Å². The van der Waals surface area contributed by atoms with E-state index < -0.39 is 0 Å². The Kier molecular flexibility index (Phi) is 9.06. The molecule has 2 nitrogen and oxygen atoms in total. The molecule has 4 aromatic carbocycles. The summed E-state index contributed by atoms with van der Waals surface area (Å²) in [7, 11) is 0. The maximum atomic E-state index is 6.19. The maximum absolute atomic E-state index is 6.19. The third-order valence-corrected chi connectivity index (χ3v) is 9.23. The second-order valence-electron chi connectivity index (χ2n) is 11.3. The molecule has 0 fully saturated rings. The highest BCUT2D eigenvalue weighted by Gasteiger charge is 2.11. The smallest absolute Gasteiger partial charge is 0.135 e. The lowest BCUT2D eigenvalue weighted by Crippen LogP contribution is -1.96. The molecule has 0 aliphatic heterocycles. The van der Waals surface area contributed by atoms with Crippen molar-refractivity contribution in [2.45, 2.75) is 65.2 Å². The van der Waals surface area contributed by atoms with Crippen molar-refractivity contribution in [3.63, 3.8) is 0 Å². The van der Waals surface area contributed by atoms with E-state index in [0.717, 1.165) is 41.9 Å². The van der Waals surface area contributed by atoms with Crippen LogP contribution in [-0.2, 0) is 6.42 Å². The lowest BCUT2D eigenvalue weighted by atomic mass is 9.97. The summed E-state index contributed by atoms with van der Waals surface area (Å²) in [6.07, 6.45) is 13.9. The van der Waals surface area contributed by atoms with Crippen molar-refractivity contribution in [1.29, 1.82) is 0 Å². The van der Waals surface area contributed by atoms with Gasteiger partial charge in [0.1, 0.15) is 17.1 Å². The van der Waals surface area contributed by atoms with Crippen LogP contribution in [-0.4, -0.2) is 6.61 Å².